The Morgan fingerprint density at radius 3 is 3.17 bits per heavy atom. The van der Waals surface area contributed by atoms with E-state index in [-0.39, 0.29) is 5.91 Å². The zero-order valence-corrected chi connectivity index (χ0v) is 8.25. The van der Waals surface area contributed by atoms with Crippen molar-refractivity contribution in [1.29, 1.82) is 0 Å². The standard InChI is InChI=1S/C8H16N2OS/c1-7(11)9-3-2-8-6-12-5-4-10-8/h8,10H,2-6H2,1H3,(H,9,11). The van der Waals surface area contributed by atoms with Crippen molar-refractivity contribution in [3.05, 3.63) is 0 Å². The van der Waals surface area contributed by atoms with Gasteiger partial charge in [0.1, 0.15) is 0 Å². The van der Waals surface area contributed by atoms with Gasteiger partial charge in [-0.1, -0.05) is 0 Å². The summed E-state index contributed by atoms with van der Waals surface area (Å²) in [5, 5.41) is 6.23. The number of carbonyl (C=O) groups is 1. The van der Waals surface area contributed by atoms with Gasteiger partial charge in [0, 0.05) is 37.6 Å². The average Bonchev–Trinajstić information content (AvgIpc) is 2.05. The predicted octanol–water partition coefficient (Wildman–Crippen LogP) is 0.218. The highest BCUT2D eigenvalue weighted by Crippen LogP contribution is 2.09. The van der Waals surface area contributed by atoms with Gasteiger partial charge in [0.05, 0.1) is 0 Å². The SMILES string of the molecule is CC(=O)NCCC1CSCCN1. The minimum Gasteiger partial charge on any atom is -0.356 e. The normalized spacial score (nSPS) is 23.6. The maximum Gasteiger partial charge on any atom is 0.216 e. The van der Waals surface area contributed by atoms with Crippen molar-refractivity contribution < 1.29 is 4.79 Å². The Labute approximate surface area is 77.7 Å². The molecule has 70 valence electrons. The predicted molar refractivity (Wildman–Crippen MR) is 52.4 cm³/mol. The van der Waals surface area contributed by atoms with Crippen LogP contribution in [0, 0.1) is 0 Å². The first kappa shape index (κ1) is 9.86. The number of thioether (sulfide) groups is 1. The fourth-order valence-electron chi connectivity index (χ4n) is 1.23. The molecule has 1 rings (SSSR count). The fraction of sp³-hybridized carbons (Fsp3) is 0.875. The third-order valence-electron chi connectivity index (χ3n) is 1.87. The van der Waals surface area contributed by atoms with Crippen LogP contribution in [0.1, 0.15) is 13.3 Å². The maximum absolute atomic E-state index is 10.5. The largest absolute Gasteiger partial charge is 0.356 e. The topological polar surface area (TPSA) is 41.1 Å². The van der Waals surface area contributed by atoms with E-state index < -0.39 is 0 Å². The van der Waals surface area contributed by atoms with Crippen LogP contribution in [-0.4, -0.2) is 36.5 Å². The molecule has 0 aliphatic carbocycles. The number of hydrogen-bond donors (Lipinski definition) is 2. The summed E-state index contributed by atoms with van der Waals surface area (Å²) in [7, 11) is 0. The first-order chi connectivity index (χ1) is 5.79. The van der Waals surface area contributed by atoms with Crippen molar-refractivity contribution in [2.24, 2.45) is 0 Å². The van der Waals surface area contributed by atoms with Gasteiger partial charge < -0.3 is 10.6 Å². The summed E-state index contributed by atoms with van der Waals surface area (Å²) in [5.74, 6) is 2.47. The lowest BCUT2D eigenvalue weighted by atomic mass is 10.2. The Morgan fingerprint density at radius 2 is 2.58 bits per heavy atom. The number of carbonyl (C=O) groups excluding carboxylic acids is 1. The van der Waals surface area contributed by atoms with Crippen LogP contribution in [0.15, 0.2) is 0 Å². The molecule has 1 aliphatic rings. The molecule has 2 N–H and O–H groups in total. The van der Waals surface area contributed by atoms with Crippen LogP contribution in [-0.2, 0) is 4.79 Å². The van der Waals surface area contributed by atoms with Crippen LogP contribution in [0.5, 0.6) is 0 Å². The fourth-order valence-corrected chi connectivity index (χ4v) is 2.23. The molecule has 3 nitrogen and oxygen atoms in total. The van der Waals surface area contributed by atoms with E-state index in [1.807, 2.05) is 11.8 Å². The summed E-state index contributed by atoms with van der Waals surface area (Å²) >= 11 is 1.99. The molecule has 0 aromatic carbocycles. The molecule has 0 aromatic rings. The average molecular weight is 188 g/mol. The Bertz CT molecular complexity index is 146. The van der Waals surface area contributed by atoms with Crippen LogP contribution in [0.4, 0.5) is 0 Å². The summed E-state index contributed by atoms with van der Waals surface area (Å²) in [5.41, 5.74) is 0. The second-order valence-corrected chi connectivity index (χ2v) is 4.15. The van der Waals surface area contributed by atoms with E-state index in [1.54, 1.807) is 6.92 Å². The molecule has 0 aromatic heterocycles. The van der Waals surface area contributed by atoms with E-state index in [9.17, 15) is 4.79 Å². The molecule has 1 fully saturated rings. The zero-order valence-electron chi connectivity index (χ0n) is 7.43. The Hall–Kier alpha value is -0.220. The van der Waals surface area contributed by atoms with Crippen LogP contribution in [0.25, 0.3) is 0 Å². The number of rotatable bonds is 3. The Morgan fingerprint density at radius 1 is 1.75 bits per heavy atom. The van der Waals surface area contributed by atoms with Gasteiger partial charge in [-0.25, -0.2) is 0 Å². The number of nitrogens with one attached hydrogen (secondary N) is 2. The first-order valence-corrected chi connectivity index (χ1v) is 5.50. The Kier molecular flexibility index (Phi) is 4.46. The summed E-state index contributed by atoms with van der Waals surface area (Å²) in [6.45, 7) is 3.46. The second-order valence-electron chi connectivity index (χ2n) is 3.00. The minimum atomic E-state index is 0.0680. The molecule has 1 atom stereocenters. The summed E-state index contributed by atoms with van der Waals surface area (Å²) < 4.78 is 0. The number of amides is 1. The molecule has 1 heterocycles. The third-order valence-corrected chi connectivity index (χ3v) is 3.00. The molecule has 4 heteroatoms. The van der Waals surface area contributed by atoms with Crippen LogP contribution in [0.2, 0.25) is 0 Å². The Balaban J connectivity index is 2.01. The van der Waals surface area contributed by atoms with E-state index in [4.69, 9.17) is 0 Å². The summed E-state index contributed by atoms with van der Waals surface area (Å²) in [6.07, 6.45) is 1.05. The summed E-state index contributed by atoms with van der Waals surface area (Å²) in [4.78, 5) is 10.5. The highest BCUT2D eigenvalue weighted by molar-refractivity contribution is 7.99. The summed E-state index contributed by atoms with van der Waals surface area (Å²) in [6, 6.07) is 0.593. The van der Waals surface area contributed by atoms with Gasteiger partial charge in [-0.05, 0) is 6.42 Å². The van der Waals surface area contributed by atoms with Crippen molar-refractivity contribution in [3.63, 3.8) is 0 Å². The highest BCUT2D eigenvalue weighted by Gasteiger charge is 2.11. The molecule has 1 unspecified atom stereocenters. The van der Waals surface area contributed by atoms with Crippen molar-refractivity contribution in [3.8, 4) is 0 Å². The molecule has 1 saturated heterocycles. The molecule has 0 spiro atoms. The quantitative estimate of drug-likeness (QED) is 0.665. The van der Waals surface area contributed by atoms with Crippen LogP contribution in [0.3, 0.4) is 0 Å². The lowest BCUT2D eigenvalue weighted by Crippen LogP contribution is -2.39. The van der Waals surface area contributed by atoms with Crippen molar-refractivity contribution in [1.82, 2.24) is 10.6 Å². The van der Waals surface area contributed by atoms with Crippen molar-refractivity contribution >= 4 is 17.7 Å². The van der Waals surface area contributed by atoms with E-state index >= 15 is 0 Å². The smallest absolute Gasteiger partial charge is 0.216 e. The molecule has 1 amide bonds. The van der Waals surface area contributed by atoms with E-state index in [0.29, 0.717) is 6.04 Å². The van der Waals surface area contributed by atoms with Gasteiger partial charge in [-0.2, -0.15) is 11.8 Å². The monoisotopic (exact) mass is 188 g/mol. The minimum absolute atomic E-state index is 0.0680. The first-order valence-electron chi connectivity index (χ1n) is 4.34. The molecule has 12 heavy (non-hydrogen) atoms. The zero-order chi connectivity index (χ0) is 8.81. The molecule has 0 radical (unpaired) electrons. The molecular formula is C8H16N2OS. The van der Waals surface area contributed by atoms with E-state index in [1.165, 1.54) is 11.5 Å². The van der Waals surface area contributed by atoms with Gasteiger partial charge in [-0.3, -0.25) is 4.79 Å². The van der Waals surface area contributed by atoms with Gasteiger partial charge in [0.25, 0.3) is 0 Å². The molecule has 0 bridgehead atoms. The lowest BCUT2D eigenvalue weighted by Gasteiger charge is -2.22. The van der Waals surface area contributed by atoms with Gasteiger partial charge in [0.2, 0.25) is 5.91 Å². The van der Waals surface area contributed by atoms with E-state index in [2.05, 4.69) is 10.6 Å². The number of hydrogen-bond acceptors (Lipinski definition) is 3. The van der Waals surface area contributed by atoms with Gasteiger partial charge in [0.15, 0.2) is 0 Å². The molecule has 1 aliphatic heterocycles. The second kappa shape index (κ2) is 5.43. The van der Waals surface area contributed by atoms with Crippen molar-refractivity contribution in [2.75, 3.05) is 24.6 Å². The van der Waals surface area contributed by atoms with Crippen molar-refractivity contribution in [2.45, 2.75) is 19.4 Å². The lowest BCUT2D eigenvalue weighted by molar-refractivity contribution is -0.118. The molecule has 0 saturated carbocycles. The molecular weight excluding hydrogens is 172 g/mol. The highest BCUT2D eigenvalue weighted by atomic mass is 32.2. The third kappa shape index (κ3) is 3.97. The van der Waals surface area contributed by atoms with Crippen LogP contribution >= 0.6 is 11.8 Å². The van der Waals surface area contributed by atoms with Crippen LogP contribution < -0.4 is 10.6 Å². The van der Waals surface area contributed by atoms with Gasteiger partial charge >= 0.3 is 0 Å². The maximum atomic E-state index is 10.5. The van der Waals surface area contributed by atoms with Gasteiger partial charge in [-0.15, -0.1) is 0 Å². The van der Waals surface area contributed by atoms with E-state index in [0.717, 1.165) is 19.5 Å².